The molecule has 1 N–H and O–H groups in total. The Morgan fingerprint density at radius 1 is 1.21 bits per heavy atom. The van der Waals surface area contributed by atoms with E-state index in [1.807, 2.05) is 20.9 Å². The Hall–Kier alpha value is -0.0800. The van der Waals surface area contributed by atoms with Crippen molar-refractivity contribution in [2.24, 2.45) is 0 Å². The molecular formula is C12H28N2. The zero-order valence-electron chi connectivity index (χ0n) is 10.5. The number of nitrogens with one attached hydrogen (secondary N) is 1. The molecule has 1 atom stereocenters. The molecule has 0 aromatic heterocycles. The fourth-order valence-electron chi connectivity index (χ4n) is 2.06. The Morgan fingerprint density at radius 2 is 1.79 bits per heavy atom. The van der Waals surface area contributed by atoms with E-state index in [2.05, 4.69) is 17.1 Å². The van der Waals surface area contributed by atoms with Crippen molar-refractivity contribution in [2.75, 3.05) is 26.7 Å². The number of likely N-dealkylation sites (tertiary alicyclic amines) is 1. The van der Waals surface area contributed by atoms with Crippen LogP contribution < -0.4 is 5.32 Å². The van der Waals surface area contributed by atoms with Gasteiger partial charge in [-0.05, 0) is 52.4 Å². The van der Waals surface area contributed by atoms with Crippen LogP contribution in [0.3, 0.4) is 0 Å². The molecule has 1 unspecified atom stereocenters. The van der Waals surface area contributed by atoms with E-state index in [1.165, 1.54) is 38.8 Å². The molecule has 0 saturated carbocycles. The van der Waals surface area contributed by atoms with E-state index < -0.39 is 0 Å². The lowest BCUT2D eigenvalue weighted by molar-refractivity contribution is 0.224. The highest BCUT2D eigenvalue weighted by atomic mass is 15.2. The Labute approximate surface area is 90.1 Å². The van der Waals surface area contributed by atoms with Crippen LogP contribution in [0.4, 0.5) is 0 Å². The maximum absolute atomic E-state index is 3.23. The van der Waals surface area contributed by atoms with Gasteiger partial charge in [-0.1, -0.05) is 20.8 Å². The number of rotatable bonds is 5. The third kappa shape index (κ3) is 4.97. The van der Waals surface area contributed by atoms with E-state index in [0.29, 0.717) is 0 Å². The van der Waals surface area contributed by atoms with Gasteiger partial charge in [-0.3, -0.25) is 0 Å². The van der Waals surface area contributed by atoms with Gasteiger partial charge in [0.2, 0.25) is 0 Å². The summed E-state index contributed by atoms with van der Waals surface area (Å²) in [6, 6.07) is 0.833. The van der Waals surface area contributed by atoms with E-state index in [0.717, 1.165) is 12.6 Å². The summed E-state index contributed by atoms with van der Waals surface area (Å²) in [6.07, 6.45) is 5.45. The minimum Gasteiger partial charge on any atom is -0.320 e. The first-order valence-electron chi connectivity index (χ1n) is 6.27. The summed E-state index contributed by atoms with van der Waals surface area (Å²) in [7, 11) is 2.04. The average molecular weight is 200 g/mol. The van der Waals surface area contributed by atoms with Crippen molar-refractivity contribution < 1.29 is 0 Å². The molecule has 0 amide bonds. The highest BCUT2D eigenvalue weighted by molar-refractivity contribution is 4.75. The van der Waals surface area contributed by atoms with Gasteiger partial charge in [0.25, 0.3) is 0 Å². The van der Waals surface area contributed by atoms with E-state index in [1.54, 1.807) is 0 Å². The van der Waals surface area contributed by atoms with Crippen molar-refractivity contribution >= 4 is 0 Å². The smallest absolute Gasteiger partial charge is 0.0105 e. The molecular weight excluding hydrogens is 172 g/mol. The van der Waals surface area contributed by atoms with Crippen molar-refractivity contribution in [3.05, 3.63) is 0 Å². The minimum atomic E-state index is 0.833. The average Bonchev–Trinajstić information content (AvgIpc) is 2.76. The molecule has 0 aromatic rings. The van der Waals surface area contributed by atoms with Crippen molar-refractivity contribution in [3.8, 4) is 0 Å². The second-order valence-electron chi connectivity index (χ2n) is 3.70. The molecule has 0 aromatic carbocycles. The largest absolute Gasteiger partial charge is 0.320 e. The van der Waals surface area contributed by atoms with Gasteiger partial charge in [-0.25, -0.2) is 0 Å². The maximum atomic E-state index is 3.23. The standard InChI is InChI=1S/C10H22N2.C2H6/c1-3-10(6-7-11-2)12-8-4-5-9-12;1-2/h10-11H,3-9H2,1-2H3;1-2H3. The summed E-state index contributed by atoms with van der Waals surface area (Å²) in [6.45, 7) is 10.1. The normalized spacial score (nSPS) is 18.9. The molecule has 1 heterocycles. The summed E-state index contributed by atoms with van der Waals surface area (Å²) in [5, 5.41) is 3.23. The second-order valence-corrected chi connectivity index (χ2v) is 3.70. The van der Waals surface area contributed by atoms with Crippen molar-refractivity contribution in [2.45, 2.75) is 52.5 Å². The van der Waals surface area contributed by atoms with Crippen molar-refractivity contribution in [1.82, 2.24) is 10.2 Å². The zero-order chi connectivity index (χ0) is 10.8. The van der Waals surface area contributed by atoms with Crippen LogP contribution in [0, 0.1) is 0 Å². The van der Waals surface area contributed by atoms with Gasteiger partial charge in [0.1, 0.15) is 0 Å². The van der Waals surface area contributed by atoms with Crippen molar-refractivity contribution in [1.29, 1.82) is 0 Å². The predicted molar refractivity (Wildman–Crippen MR) is 64.8 cm³/mol. The van der Waals surface area contributed by atoms with Gasteiger partial charge in [0.05, 0.1) is 0 Å². The van der Waals surface area contributed by atoms with Crippen LogP contribution in [-0.4, -0.2) is 37.6 Å². The summed E-state index contributed by atoms with van der Waals surface area (Å²) in [4.78, 5) is 2.65. The molecule has 2 heteroatoms. The highest BCUT2D eigenvalue weighted by Crippen LogP contribution is 2.15. The highest BCUT2D eigenvalue weighted by Gasteiger charge is 2.19. The third-order valence-electron chi connectivity index (χ3n) is 2.86. The molecule has 1 aliphatic rings. The Balaban J connectivity index is 0.000000791. The van der Waals surface area contributed by atoms with Crippen LogP contribution in [0.2, 0.25) is 0 Å². The van der Waals surface area contributed by atoms with Crippen LogP contribution in [-0.2, 0) is 0 Å². The predicted octanol–water partition coefficient (Wildman–Crippen LogP) is 2.50. The first-order valence-corrected chi connectivity index (χ1v) is 6.27. The van der Waals surface area contributed by atoms with E-state index in [9.17, 15) is 0 Å². The van der Waals surface area contributed by atoms with Crippen LogP contribution >= 0.6 is 0 Å². The fraction of sp³-hybridized carbons (Fsp3) is 1.00. The molecule has 0 radical (unpaired) electrons. The second kappa shape index (κ2) is 9.47. The van der Waals surface area contributed by atoms with Gasteiger partial charge in [-0.15, -0.1) is 0 Å². The molecule has 0 bridgehead atoms. The lowest BCUT2D eigenvalue weighted by Crippen LogP contribution is -2.34. The molecule has 1 saturated heterocycles. The van der Waals surface area contributed by atoms with Gasteiger partial charge >= 0.3 is 0 Å². The van der Waals surface area contributed by atoms with E-state index >= 15 is 0 Å². The molecule has 2 nitrogen and oxygen atoms in total. The van der Waals surface area contributed by atoms with Gasteiger partial charge in [0.15, 0.2) is 0 Å². The summed E-state index contributed by atoms with van der Waals surface area (Å²) in [5.74, 6) is 0. The Bertz CT molecular complexity index is 109. The molecule has 1 aliphatic heterocycles. The SMILES string of the molecule is CC.CCC(CCNC)N1CCCC1. The lowest BCUT2D eigenvalue weighted by Gasteiger charge is -2.26. The summed E-state index contributed by atoms with van der Waals surface area (Å²) >= 11 is 0. The van der Waals surface area contributed by atoms with Gasteiger partial charge in [-0.2, -0.15) is 0 Å². The van der Waals surface area contributed by atoms with Crippen LogP contribution in [0.25, 0.3) is 0 Å². The first kappa shape index (κ1) is 13.9. The molecule has 14 heavy (non-hydrogen) atoms. The molecule has 1 fully saturated rings. The topological polar surface area (TPSA) is 15.3 Å². The monoisotopic (exact) mass is 200 g/mol. The summed E-state index contributed by atoms with van der Waals surface area (Å²) in [5.41, 5.74) is 0. The Morgan fingerprint density at radius 3 is 2.21 bits per heavy atom. The lowest BCUT2D eigenvalue weighted by atomic mass is 10.1. The van der Waals surface area contributed by atoms with E-state index in [-0.39, 0.29) is 0 Å². The van der Waals surface area contributed by atoms with Crippen LogP contribution in [0.15, 0.2) is 0 Å². The van der Waals surface area contributed by atoms with E-state index in [4.69, 9.17) is 0 Å². The molecule has 86 valence electrons. The van der Waals surface area contributed by atoms with Gasteiger partial charge < -0.3 is 10.2 Å². The third-order valence-corrected chi connectivity index (χ3v) is 2.86. The number of nitrogens with zero attached hydrogens (tertiary/aromatic N) is 1. The maximum Gasteiger partial charge on any atom is 0.0105 e. The first-order chi connectivity index (χ1) is 6.88. The van der Waals surface area contributed by atoms with Crippen LogP contribution in [0.1, 0.15) is 46.5 Å². The van der Waals surface area contributed by atoms with Crippen molar-refractivity contribution in [3.63, 3.8) is 0 Å². The fourth-order valence-corrected chi connectivity index (χ4v) is 2.06. The number of hydrogen-bond donors (Lipinski definition) is 1. The quantitative estimate of drug-likeness (QED) is 0.733. The van der Waals surface area contributed by atoms with Gasteiger partial charge in [0, 0.05) is 6.04 Å². The van der Waals surface area contributed by atoms with Crippen LogP contribution in [0.5, 0.6) is 0 Å². The number of hydrogen-bond acceptors (Lipinski definition) is 2. The molecule has 0 spiro atoms. The Kier molecular flexibility index (Phi) is 9.42. The zero-order valence-corrected chi connectivity index (χ0v) is 10.5. The molecule has 1 rings (SSSR count). The molecule has 0 aliphatic carbocycles. The summed E-state index contributed by atoms with van der Waals surface area (Å²) < 4.78 is 0. The minimum absolute atomic E-state index is 0.833.